The number of nitrogens with zero attached hydrogens (tertiary/aromatic N) is 3. The average Bonchev–Trinajstić information content (AvgIpc) is 2.70. The predicted octanol–water partition coefficient (Wildman–Crippen LogP) is -0.645. The monoisotopic (exact) mass is 290 g/mol. The van der Waals surface area contributed by atoms with E-state index >= 15 is 0 Å². The van der Waals surface area contributed by atoms with Crippen molar-refractivity contribution in [3.05, 3.63) is 11.9 Å². The Balaban J connectivity index is 3.02. The maximum absolute atomic E-state index is 12.3. The van der Waals surface area contributed by atoms with Gasteiger partial charge in [0.25, 0.3) is 0 Å². The summed E-state index contributed by atoms with van der Waals surface area (Å²) in [5, 5.41) is 15.0. The van der Waals surface area contributed by atoms with Gasteiger partial charge in [-0.25, -0.2) is 8.42 Å². The van der Waals surface area contributed by atoms with E-state index < -0.39 is 22.5 Å². The van der Waals surface area contributed by atoms with Gasteiger partial charge in [0.1, 0.15) is 11.4 Å². The van der Waals surface area contributed by atoms with E-state index in [1.807, 2.05) is 0 Å². The van der Waals surface area contributed by atoms with Gasteiger partial charge in [-0.1, -0.05) is 0 Å². The van der Waals surface area contributed by atoms with Crippen LogP contribution in [0.25, 0.3) is 0 Å². The molecule has 1 aromatic heterocycles. The number of aromatic nitrogens is 2. The fraction of sp³-hybridized carbons (Fsp3) is 0.600. The molecule has 1 rings (SSSR count). The highest BCUT2D eigenvalue weighted by Gasteiger charge is 2.28. The average molecular weight is 290 g/mol. The summed E-state index contributed by atoms with van der Waals surface area (Å²) in [5.74, 6) is -1.19. The Morgan fingerprint density at radius 1 is 1.42 bits per heavy atom. The number of nitrogens with one attached hydrogen (secondary N) is 1. The van der Waals surface area contributed by atoms with Crippen molar-refractivity contribution >= 4 is 16.0 Å². The molecule has 0 unspecified atom stereocenters. The van der Waals surface area contributed by atoms with Gasteiger partial charge < -0.3 is 10.0 Å². The van der Waals surface area contributed by atoms with Crippen LogP contribution in [-0.4, -0.2) is 72.6 Å². The summed E-state index contributed by atoms with van der Waals surface area (Å²) >= 11 is 0. The van der Waals surface area contributed by atoms with Gasteiger partial charge in [-0.3, -0.25) is 9.89 Å². The highest BCUT2D eigenvalue weighted by atomic mass is 32.2. The molecular formula is C10H18N4O4S. The van der Waals surface area contributed by atoms with E-state index in [0.29, 0.717) is 12.2 Å². The number of hydrogen-bond acceptors (Lipinski definition) is 5. The Hall–Kier alpha value is -1.45. The third kappa shape index (κ3) is 4.01. The number of hydrogen-bond donors (Lipinski definition) is 2. The van der Waals surface area contributed by atoms with E-state index in [9.17, 15) is 13.2 Å². The van der Waals surface area contributed by atoms with Crippen LogP contribution in [0.5, 0.6) is 0 Å². The molecule has 9 heteroatoms. The molecule has 0 aliphatic carbocycles. The third-order valence-corrected chi connectivity index (χ3v) is 4.47. The predicted molar refractivity (Wildman–Crippen MR) is 68.3 cm³/mol. The van der Waals surface area contributed by atoms with E-state index in [4.69, 9.17) is 5.11 Å². The highest BCUT2D eigenvalue weighted by Crippen LogP contribution is 2.17. The Kier molecular flexibility index (Phi) is 5.04. The van der Waals surface area contributed by atoms with E-state index in [0.717, 1.165) is 4.31 Å². The zero-order chi connectivity index (χ0) is 14.6. The van der Waals surface area contributed by atoms with Crippen molar-refractivity contribution in [2.24, 2.45) is 0 Å². The lowest BCUT2D eigenvalue weighted by atomic mass is 10.5. The Bertz CT molecular complexity index is 537. The molecule has 2 N–H and O–H groups in total. The maximum Gasteiger partial charge on any atom is 0.318 e. The number of likely N-dealkylation sites (N-methyl/N-ethyl adjacent to an activating group) is 1. The van der Waals surface area contributed by atoms with Crippen molar-refractivity contribution in [3.8, 4) is 0 Å². The highest BCUT2D eigenvalue weighted by molar-refractivity contribution is 7.89. The van der Waals surface area contributed by atoms with Crippen LogP contribution in [0.15, 0.2) is 11.1 Å². The van der Waals surface area contributed by atoms with Crippen LogP contribution >= 0.6 is 0 Å². The Morgan fingerprint density at radius 2 is 2.05 bits per heavy atom. The molecule has 108 valence electrons. The summed E-state index contributed by atoms with van der Waals surface area (Å²) in [6.07, 6.45) is 1.19. The van der Waals surface area contributed by atoms with Crippen molar-refractivity contribution in [2.45, 2.75) is 11.8 Å². The van der Waals surface area contributed by atoms with Gasteiger partial charge in [-0.05, 0) is 21.0 Å². The molecule has 0 bridgehead atoms. The summed E-state index contributed by atoms with van der Waals surface area (Å²) in [5.41, 5.74) is 0.389. The van der Waals surface area contributed by atoms with Crippen LogP contribution in [0.1, 0.15) is 5.69 Å². The number of carboxylic acids is 1. The van der Waals surface area contributed by atoms with Crippen molar-refractivity contribution < 1.29 is 18.3 Å². The standard InChI is InChI=1S/C10H18N4O4S/c1-8-9(6-11-12-8)19(17,18)14(7-10(15)16)5-4-13(2)3/h6H,4-5,7H2,1-3H3,(H,11,12)(H,15,16). The van der Waals surface area contributed by atoms with Crippen LogP contribution in [0.2, 0.25) is 0 Å². The van der Waals surface area contributed by atoms with Crippen LogP contribution in [-0.2, 0) is 14.8 Å². The molecule has 1 aromatic rings. The molecule has 0 atom stereocenters. The number of aliphatic carboxylic acids is 1. The number of H-pyrrole nitrogens is 1. The first kappa shape index (κ1) is 15.6. The third-order valence-electron chi connectivity index (χ3n) is 2.51. The number of carbonyl (C=O) groups is 1. The molecular weight excluding hydrogens is 272 g/mol. The van der Waals surface area contributed by atoms with Crippen LogP contribution in [0.3, 0.4) is 0 Å². The second kappa shape index (κ2) is 6.13. The molecule has 0 amide bonds. The summed E-state index contributed by atoms with van der Waals surface area (Å²) in [7, 11) is -0.274. The van der Waals surface area contributed by atoms with E-state index in [2.05, 4.69) is 10.2 Å². The van der Waals surface area contributed by atoms with Crippen molar-refractivity contribution in [3.63, 3.8) is 0 Å². The van der Waals surface area contributed by atoms with Gasteiger partial charge >= 0.3 is 5.97 Å². The summed E-state index contributed by atoms with van der Waals surface area (Å²) < 4.78 is 25.6. The molecule has 0 aliphatic rings. The van der Waals surface area contributed by atoms with Gasteiger partial charge in [0.05, 0.1) is 11.9 Å². The normalized spacial score (nSPS) is 12.3. The molecule has 1 heterocycles. The van der Waals surface area contributed by atoms with Crippen LogP contribution in [0.4, 0.5) is 0 Å². The van der Waals surface area contributed by atoms with E-state index in [1.54, 1.807) is 25.9 Å². The SMILES string of the molecule is Cc1[nH]ncc1S(=O)(=O)N(CCN(C)C)CC(=O)O. The molecule has 0 spiro atoms. The van der Waals surface area contributed by atoms with Crippen molar-refractivity contribution in [1.82, 2.24) is 19.4 Å². The number of sulfonamides is 1. The summed E-state index contributed by atoms with van der Waals surface area (Å²) in [6.45, 7) is 1.54. The molecule has 0 saturated carbocycles. The molecule has 0 fully saturated rings. The lowest BCUT2D eigenvalue weighted by Crippen LogP contribution is -2.40. The topological polar surface area (TPSA) is 107 Å². The largest absolute Gasteiger partial charge is 0.480 e. The molecule has 0 radical (unpaired) electrons. The zero-order valence-electron chi connectivity index (χ0n) is 11.1. The quantitative estimate of drug-likeness (QED) is 0.691. The first-order valence-corrected chi connectivity index (χ1v) is 7.05. The number of rotatable bonds is 7. The van der Waals surface area contributed by atoms with Gasteiger partial charge in [0, 0.05) is 13.1 Å². The Labute approximate surface area is 112 Å². The minimum Gasteiger partial charge on any atom is -0.480 e. The fourth-order valence-electron chi connectivity index (χ4n) is 1.49. The first-order valence-electron chi connectivity index (χ1n) is 5.61. The summed E-state index contributed by atoms with van der Waals surface area (Å²) in [4.78, 5) is 12.6. The minimum atomic E-state index is -3.85. The van der Waals surface area contributed by atoms with Gasteiger partial charge in [-0.15, -0.1) is 0 Å². The molecule has 8 nitrogen and oxygen atoms in total. The van der Waals surface area contributed by atoms with E-state index in [1.165, 1.54) is 6.20 Å². The van der Waals surface area contributed by atoms with Gasteiger partial charge in [-0.2, -0.15) is 9.40 Å². The molecule has 0 aromatic carbocycles. The lowest BCUT2D eigenvalue weighted by Gasteiger charge is -2.21. The molecule has 19 heavy (non-hydrogen) atoms. The van der Waals surface area contributed by atoms with Crippen molar-refractivity contribution in [2.75, 3.05) is 33.7 Å². The van der Waals surface area contributed by atoms with Crippen LogP contribution < -0.4 is 0 Å². The Morgan fingerprint density at radius 3 is 2.47 bits per heavy atom. The molecule has 0 aliphatic heterocycles. The number of aromatic amines is 1. The zero-order valence-corrected chi connectivity index (χ0v) is 11.9. The fourth-order valence-corrected chi connectivity index (χ4v) is 2.98. The molecule has 0 saturated heterocycles. The second-order valence-corrected chi connectivity index (χ2v) is 6.30. The minimum absolute atomic E-state index is 0.00695. The van der Waals surface area contributed by atoms with Crippen molar-refractivity contribution in [1.29, 1.82) is 0 Å². The number of aryl methyl sites for hydroxylation is 1. The lowest BCUT2D eigenvalue weighted by molar-refractivity contribution is -0.137. The van der Waals surface area contributed by atoms with E-state index in [-0.39, 0.29) is 11.4 Å². The number of carboxylic acid groups (broad SMARTS) is 1. The van der Waals surface area contributed by atoms with Crippen LogP contribution in [0, 0.1) is 6.92 Å². The summed E-state index contributed by atoms with van der Waals surface area (Å²) in [6, 6.07) is 0. The van der Waals surface area contributed by atoms with Gasteiger partial charge in [0.2, 0.25) is 10.0 Å². The van der Waals surface area contributed by atoms with Gasteiger partial charge in [0.15, 0.2) is 0 Å². The maximum atomic E-state index is 12.3. The first-order chi connectivity index (χ1) is 8.75. The second-order valence-electron chi connectivity index (χ2n) is 4.39. The smallest absolute Gasteiger partial charge is 0.318 e.